The molecule has 0 amide bonds. The van der Waals surface area contributed by atoms with E-state index in [9.17, 15) is 13.2 Å². The lowest BCUT2D eigenvalue weighted by Gasteiger charge is -2.09. The second-order valence-electron chi connectivity index (χ2n) is 4.11. The molecule has 0 bridgehead atoms. The van der Waals surface area contributed by atoms with E-state index in [1.807, 2.05) is 0 Å². The van der Waals surface area contributed by atoms with Gasteiger partial charge in [0, 0.05) is 11.1 Å². The van der Waals surface area contributed by atoms with Crippen LogP contribution in [0.15, 0.2) is 57.4 Å². The highest BCUT2D eigenvalue weighted by Crippen LogP contribution is 2.33. The number of aromatic nitrogens is 1. The number of rotatable bonds is 5. The Hall–Kier alpha value is -1.86. The maximum absolute atomic E-state index is 12.1. The number of aromatic carboxylic acids is 1. The van der Waals surface area contributed by atoms with Crippen LogP contribution in [0.3, 0.4) is 0 Å². The summed E-state index contributed by atoms with van der Waals surface area (Å²) in [5, 5.41) is 9.41. The normalized spacial score (nSPS) is 11.3. The third kappa shape index (κ3) is 3.43. The van der Waals surface area contributed by atoms with Crippen molar-refractivity contribution in [3.63, 3.8) is 0 Å². The van der Waals surface area contributed by atoms with E-state index in [4.69, 9.17) is 5.11 Å². The summed E-state index contributed by atoms with van der Waals surface area (Å²) in [6.07, 6.45) is 1.48. The van der Waals surface area contributed by atoms with Crippen LogP contribution >= 0.6 is 11.8 Å². The van der Waals surface area contributed by atoms with Crippen molar-refractivity contribution < 1.29 is 18.3 Å². The monoisotopic (exact) mass is 323 g/mol. The minimum Gasteiger partial charge on any atom is -0.478 e. The molecule has 0 aliphatic carbocycles. The first-order valence-corrected chi connectivity index (χ1v) is 8.60. The molecule has 0 unspecified atom stereocenters. The van der Waals surface area contributed by atoms with Crippen LogP contribution in [0.1, 0.15) is 17.3 Å². The molecule has 0 fully saturated rings. The molecule has 1 heterocycles. The lowest BCUT2D eigenvalue weighted by Crippen LogP contribution is -2.05. The largest absolute Gasteiger partial charge is 0.478 e. The van der Waals surface area contributed by atoms with Gasteiger partial charge in [-0.3, -0.25) is 0 Å². The van der Waals surface area contributed by atoms with Crippen LogP contribution in [-0.4, -0.2) is 30.2 Å². The van der Waals surface area contributed by atoms with Gasteiger partial charge in [-0.05, 0) is 24.3 Å². The van der Waals surface area contributed by atoms with Crippen molar-refractivity contribution in [2.45, 2.75) is 21.7 Å². The van der Waals surface area contributed by atoms with Crippen molar-refractivity contribution >= 4 is 27.6 Å². The van der Waals surface area contributed by atoms with Gasteiger partial charge in [0.1, 0.15) is 5.03 Å². The molecule has 0 saturated carbocycles. The highest BCUT2D eigenvalue weighted by molar-refractivity contribution is 8.00. The molecule has 0 saturated heterocycles. The van der Waals surface area contributed by atoms with Crippen LogP contribution in [-0.2, 0) is 9.84 Å². The zero-order valence-electron chi connectivity index (χ0n) is 11.2. The Morgan fingerprint density at radius 2 is 1.95 bits per heavy atom. The summed E-state index contributed by atoms with van der Waals surface area (Å²) in [4.78, 5) is 15.9. The van der Waals surface area contributed by atoms with Gasteiger partial charge < -0.3 is 5.11 Å². The van der Waals surface area contributed by atoms with Crippen LogP contribution in [0.5, 0.6) is 0 Å². The Kier molecular flexibility index (Phi) is 4.64. The van der Waals surface area contributed by atoms with Gasteiger partial charge in [0.2, 0.25) is 0 Å². The zero-order chi connectivity index (χ0) is 15.5. The first-order chi connectivity index (χ1) is 9.95. The number of hydrogen-bond donors (Lipinski definition) is 1. The van der Waals surface area contributed by atoms with Crippen LogP contribution in [0, 0.1) is 0 Å². The van der Waals surface area contributed by atoms with E-state index in [-0.39, 0.29) is 21.2 Å². The van der Waals surface area contributed by atoms with Crippen LogP contribution < -0.4 is 0 Å². The number of sulfone groups is 1. The SMILES string of the molecule is CCS(=O)(=O)c1ccccc1Sc1ncccc1C(=O)O. The summed E-state index contributed by atoms with van der Waals surface area (Å²) in [5.74, 6) is -1.11. The maximum atomic E-state index is 12.1. The van der Waals surface area contributed by atoms with Gasteiger partial charge >= 0.3 is 5.97 Å². The molecular formula is C14H13NO4S2. The minimum atomic E-state index is -3.38. The fourth-order valence-electron chi connectivity index (χ4n) is 1.69. The lowest BCUT2D eigenvalue weighted by atomic mass is 10.3. The summed E-state index contributed by atoms with van der Waals surface area (Å²) < 4.78 is 24.2. The number of pyridine rings is 1. The molecule has 5 nitrogen and oxygen atoms in total. The third-order valence-electron chi connectivity index (χ3n) is 2.77. The summed E-state index contributed by atoms with van der Waals surface area (Å²) in [7, 11) is -3.38. The molecule has 7 heteroatoms. The molecule has 0 radical (unpaired) electrons. The quantitative estimate of drug-likeness (QED) is 0.911. The zero-order valence-corrected chi connectivity index (χ0v) is 12.8. The Balaban J connectivity index is 2.49. The van der Waals surface area contributed by atoms with Crippen molar-refractivity contribution in [3.8, 4) is 0 Å². The molecule has 2 aromatic rings. The number of nitrogens with zero attached hydrogens (tertiary/aromatic N) is 1. The average Bonchev–Trinajstić information content (AvgIpc) is 2.48. The van der Waals surface area contributed by atoms with Crippen LogP contribution in [0.2, 0.25) is 0 Å². The molecule has 1 aromatic carbocycles. The summed E-state index contributed by atoms with van der Waals surface area (Å²) in [5.41, 5.74) is 0.0474. The molecule has 110 valence electrons. The molecular weight excluding hydrogens is 310 g/mol. The van der Waals surface area contributed by atoms with Gasteiger partial charge in [-0.15, -0.1) is 0 Å². The molecule has 0 aliphatic rings. The number of carbonyl (C=O) groups is 1. The lowest BCUT2D eigenvalue weighted by molar-refractivity contribution is 0.0692. The summed E-state index contributed by atoms with van der Waals surface area (Å²) in [6, 6.07) is 9.48. The Morgan fingerprint density at radius 1 is 1.24 bits per heavy atom. The highest BCUT2D eigenvalue weighted by Gasteiger charge is 2.19. The predicted octanol–water partition coefficient (Wildman–Crippen LogP) is 2.72. The van der Waals surface area contributed by atoms with E-state index in [1.165, 1.54) is 24.4 Å². The van der Waals surface area contributed by atoms with Crippen molar-refractivity contribution in [1.82, 2.24) is 4.98 Å². The van der Waals surface area contributed by atoms with Crippen LogP contribution in [0.25, 0.3) is 0 Å². The molecule has 1 N–H and O–H groups in total. The molecule has 1 aromatic heterocycles. The summed E-state index contributed by atoms with van der Waals surface area (Å²) >= 11 is 1.04. The van der Waals surface area contributed by atoms with Crippen molar-refractivity contribution in [3.05, 3.63) is 48.2 Å². The van der Waals surface area contributed by atoms with Gasteiger partial charge in [-0.2, -0.15) is 0 Å². The van der Waals surface area contributed by atoms with E-state index < -0.39 is 15.8 Å². The topological polar surface area (TPSA) is 84.3 Å². The summed E-state index contributed by atoms with van der Waals surface area (Å²) in [6.45, 7) is 1.57. The van der Waals surface area contributed by atoms with Gasteiger partial charge in [-0.25, -0.2) is 18.2 Å². The standard InChI is InChI=1S/C14H13NO4S2/c1-2-21(18,19)12-8-4-3-7-11(12)20-13-10(14(16)17)6-5-9-15-13/h3-9H,2H2,1H3,(H,16,17). The fraction of sp³-hybridized carbons (Fsp3) is 0.143. The highest BCUT2D eigenvalue weighted by atomic mass is 32.2. The van der Waals surface area contributed by atoms with Crippen LogP contribution in [0.4, 0.5) is 0 Å². The first-order valence-electron chi connectivity index (χ1n) is 6.13. The molecule has 0 atom stereocenters. The number of carboxylic acids is 1. The van der Waals surface area contributed by atoms with Gasteiger partial charge in [0.05, 0.1) is 16.2 Å². The molecule has 0 aliphatic heterocycles. The third-order valence-corrected chi connectivity index (χ3v) is 5.78. The maximum Gasteiger partial charge on any atom is 0.338 e. The predicted molar refractivity (Wildman–Crippen MR) is 79.5 cm³/mol. The van der Waals surface area contributed by atoms with E-state index in [0.717, 1.165) is 11.8 Å². The number of carboxylic acid groups (broad SMARTS) is 1. The van der Waals surface area contributed by atoms with E-state index >= 15 is 0 Å². The van der Waals surface area contributed by atoms with Crippen molar-refractivity contribution in [2.24, 2.45) is 0 Å². The second-order valence-corrected chi connectivity index (χ2v) is 7.39. The second kappa shape index (κ2) is 6.28. The first kappa shape index (κ1) is 15.5. The number of hydrogen-bond acceptors (Lipinski definition) is 5. The van der Waals surface area contributed by atoms with Crippen molar-refractivity contribution in [1.29, 1.82) is 0 Å². The average molecular weight is 323 g/mol. The smallest absolute Gasteiger partial charge is 0.338 e. The number of benzene rings is 1. The van der Waals surface area contributed by atoms with Gasteiger partial charge in [0.25, 0.3) is 0 Å². The Bertz CT molecular complexity index is 772. The minimum absolute atomic E-state index is 0.0153. The molecule has 21 heavy (non-hydrogen) atoms. The van der Waals surface area contributed by atoms with Gasteiger partial charge in [-0.1, -0.05) is 30.8 Å². The van der Waals surface area contributed by atoms with Crippen molar-refractivity contribution in [2.75, 3.05) is 5.75 Å². The van der Waals surface area contributed by atoms with Gasteiger partial charge in [0.15, 0.2) is 9.84 Å². The Labute approximate surface area is 127 Å². The fourth-order valence-corrected chi connectivity index (χ4v) is 4.07. The van der Waals surface area contributed by atoms with E-state index in [1.54, 1.807) is 25.1 Å². The molecule has 0 spiro atoms. The van der Waals surface area contributed by atoms with E-state index in [0.29, 0.717) is 4.90 Å². The molecule has 2 rings (SSSR count). The van der Waals surface area contributed by atoms with E-state index in [2.05, 4.69) is 4.98 Å². The Morgan fingerprint density at radius 3 is 2.62 bits per heavy atom.